The van der Waals surface area contributed by atoms with Crippen LogP contribution in [-0.2, 0) is 11.3 Å². The second kappa shape index (κ2) is 9.69. The summed E-state index contributed by atoms with van der Waals surface area (Å²) in [6.07, 6.45) is -2.06. The fraction of sp³-hybridized carbons (Fsp3) is 0.208. The monoisotopic (exact) mass is 456 g/mol. The predicted octanol–water partition coefficient (Wildman–Crippen LogP) is 5.10. The number of halogens is 4. The van der Waals surface area contributed by atoms with E-state index >= 15 is 0 Å². The van der Waals surface area contributed by atoms with Gasteiger partial charge in [-0.3, -0.25) is 4.79 Å². The fourth-order valence-corrected chi connectivity index (χ4v) is 3.32. The Morgan fingerprint density at radius 3 is 2.33 bits per heavy atom. The highest BCUT2D eigenvalue weighted by Gasteiger charge is 2.32. The Morgan fingerprint density at radius 1 is 1.12 bits per heavy atom. The van der Waals surface area contributed by atoms with Crippen LogP contribution in [0.25, 0.3) is 11.8 Å². The van der Waals surface area contributed by atoms with Crippen LogP contribution in [0, 0.1) is 31.0 Å². The van der Waals surface area contributed by atoms with Crippen LogP contribution in [0.5, 0.6) is 0 Å². The molecule has 0 aliphatic rings. The highest BCUT2D eigenvalue weighted by Crippen LogP contribution is 2.22. The summed E-state index contributed by atoms with van der Waals surface area (Å²) >= 11 is 0. The number of rotatable bonds is 6. The number of nitrogens with zero attached hydrogens (tertiary/aromatic N) is 4. The molecule has 0 aliphatic heterocycles. The summed E-state index contributed by atoms with van der Waals surface area (Å²) in [4.78, 5) is 13.4. The maximum Gasteiger partial charge on any atom is 0.406 e. The van der Waals surface area contributed by atoms with Gasteiger partial charge in [-0.05, 0) is 61.9 Å². The van der Waals surface area contributed by atoms with E-state index in [1.165, 1.54) is 42.5 Å². The molecule has 0 aliphatic carbocycles. The van der Waals surface area contributed by atoms with Gasteiger partial charge in [0.1, 0.15) is 12.4 Å². The van der Waals surface area contributed by atoms with E-state index in [0.29, 0.717) is 38.7 Å². The molecule has 3 aromatic rings. The van der Waals surface area contributed by atoms with Crippen molar-refractivity contribution >= 4 is 12.0 Å². The van der Waals surface area contributed by atoms with Crippen LogP contribution < -0.4 is 0 Å². The van der Waals surface area contributed by atoms with Crippen molar-refractivity contribution in [3.05, 3.63) is 88.5 Å². The van der Waals surface area contributed by atoms with Crippen molar-refractivity contribution < 1.29 is 22.4 Å². The normalized spacial score (nSPS) is 11.5. The summed E-state index contributed by atoms with van der Waals surface area (Å²) in [5.41, 5.74) is 3.25. The van der Waals surface area contributed by atoms with Crippen LogP contribution in [0.2, 0.25) is 0 Å². The Balaban J connectivity index is 1.84. The van der Waals surface area contributed by atoms with Crippen molar-refractivity contribution in [3.8, 4) is 11.8 Å². The minimum Gasteiger partial charge on any atom is -0.326 e. The lowest BCUT2D eigenvalue weighted by molar-refractivity contribution is -0.159. The molecule has 0 bridgehead atoms. The molecule has 9 heteroatoms. The van der Waals surface area contributed by atoms with Gasteiger partial charge in [0.25, 0.3) is 0 Å². The molecule has 0 unspecified atom stereocenters. The Kier molecular flexibility index (Phi) is 6.97. The van der Waals surface area contributed by atoms with Crippen LogP contribution in [0.3, 0.4) is 0 Å². The number of alkyl halides is 3. The van der Waals surface area contributed by atoms with Crippen LogP contribution in [0.4, 0.5) is 17.6 Å². The van der Waals surface area contributed by atoms with Gasteiger partial charge in [0.2, 0.25) is 5.91 Å². The molecule has 0 spiro atoms. The molecule has 2 aromatic carbocycles. The van der Waals surface area contributed by atoms with Crippen LogP contribution in [0.1, 0.15) is 28.1 Å². The van der Waals surface area contributed by atoms with Gasteiger partial charge in [0.15, 0.2) is 0 Å². The fourth-order valence-electron chi connectivity index (χ4n) is 3.32. The van der Waals surface area contributed by atoms with Gasteiger partial charge in [-0.25, -0.2) is 9.07 Å². The van der Waals surface area contributed by atoms with Crippen LogP contribution in [-0.4, -0.2) is 33.3 Å². The molecule has 1 aromatic heterocycles. The topological polar surface area (TPSA) is 61.9 Å². The number of hydrogen-bond donors (Lipinski definition) is 0. The minimum atomic E-state index is -4.57. The van der Waals surface area contributed by atoms with E-state index < -0.39 is 24.4 Å². The molecule has 0 saturated heterocycles. The second-order valence-electron chi connectivity index (χ2n) is 7.42. The molecular weight excluding hydrogens is 436 g/mol. The molecule has 170 valence electrons. The van der Waals surface area contributed by atoms with Crippen molar-refractivity contribution in [2.45, 2.75) is 26.6 Å². The van der Waals surface area contributed by atoms with Crippen LogP contribution in [0.15, 0.2) is 54.6 Å². The van der Waals surface area contributed by atoms with E-state index in [9.17, 15) is 22.4 Å². The lowest BCUT2D eigenvalue weighted by Gasteiger charge is -2.23. The Morgan fingerprint density at radius 2 is 1.76 bits per heavy atom. The zero-order valence-electron chi connectivity index (χ0n) is 17.9. The van der Waals surface area contributed by atoms with Gasteiger partial charge >= 0.3 is 6.18 Å². The number of nitriles is 1. The lowest BCUT2D eigenvalue weighted by Crippen LogP contribution is -2.37. The number of carbonyl (C=O) groups is 1. The van der Waals surface area contributed by atoms with Crippen molar-refractivity contribution in [3.63, 3.8) is 0 Å². The lowest BCUT2D eigenvalue weighted by atomic mass is 10.1. The summed E-state index contributed by atoms with van der Waals surface area (Å²) in [6.45, 7) is 1.78. The van der Waals surface area contributed by atoms with Gasteiger partial charge in [-0.1, -0.05) is 12.1 Å². The number of hydrogen-bond acceptors (Lipinski definition) is 3. The van der Waals surface area contributed by atoms with E-state index in [4.69, 9.17) is 5.26 Å². The quantitative estimate of drug-likeness (QED) is 0.383. The zero-order chi connectivity index (χ0) is 24.2. The van der Waals surface area contributed by atoms with Crippen LogP contribution >= 0.6 is 0 Å². The summed E-state index contributed by atoms with van der Waals surface area (Å²) in [6, 6.07) is 13.6. The number of aromatic nitrogens is 2. The maximum atomic E-state index is 13.2. The van der Waals surface area contributed by atoms with Gasteiger partial charge in [-0.2, -0.15) is 23.5 Å². The molecule has 1 amide bonds. The van der Waals surface area contributed by atoms with E-state index in [-0.39, 0.29) is 6.54 Å². The van der Waals surface area contributed by atoms with E-state index in [1.54, 1.807) is 30.7 Å². The molecule has 1 heterocycles. The highest BCUT2D eigenvalue weighted by molar-refractivity contribution is 5.92. The van der Waals surface area contributed by atoms with Crippen molar-refractivity contribution in [2.75, 3.05) is 6.54 Å². The second-order valence-corrected chi connectivity index (χ2v) is 7.42. The third kappa shape index (κ3) is 6.07. The average molecular weight is 456 g/mol. The van der Waals surface area contributed by atoms with Gasteiger partial charge in [0.05, 0.1) is 23.0 Å². The minimum absolute atomic E-state index is 0.263. The molecule has 0 radical (unpaired) electrons. The highest BCUT2D eigenvalue weighted by atomic mass is 19.4. The first-order chi connectivity index (χ1) is 15.6. The van der Waals surface area contributed by atoms with Gasteiger partial charge < -0.3 is 4.90 Å². The first-order valence-electron chi connectivity index (χ1n) is 9.92. The molecule has 5 nitrogen and oxygen atoms in total. The summed E-state index contributed by atoms with van der Waals surface area (Å²) < 4.78 is 54.1. The van der Waals surface area contributed by atoms with Crippen molar-refractivity contribution in [1.82, 2.24) is 14.7 Å². The predicted molar refractivity (Wildman–Crippen MR) is 115 cm³/mol. The Bertz CT molecular complexity index is 1200. The first-order valence-corrected chi connectivity index (χ1v) is 9.92. The molecular formula is C24H20F4N4O. The maximum absolute atomic E-state index is 13.2. The number of aryl methyl sites for hydroxylation is 1. The van der Waals surface area contributed by atoms with Gasteiger partial charge in [0, 0.05) is 23.9 Å². The molecule has 0 fully saturated rings. The molecule has 33 heavy (non-hydrogen) atoms. The van der Waals surface area contributed by atoms with E-state index in [2.05, 4.69) is 5.10 Å². The average Bonchev–Trinajstić information content (AvgIpc) is 3.05. The summed E-state index contributed by atoms with van der Waals surface area (Å²) in [7, 11) is 0. The summed E-state index contributed by atoms with van der Waals surface area (Å²) in [5, 5.41) is 13.3. The molecule has 0 atom stereocenters. The first kappa shape index (κ1) is 23.7. The number of benzene rings is 2. The third-order valence-corrected chi connectivity index (χ3v) is 4.95. The largest absolute Gasteiger partial charge is 0.406 e. The number of carbonyl (C=O) groups excluding carboxylic acids is 1. The standard InChI is InChI=1S/C24H20F4N4O/c1-16-22(17(2)32(30-16)21-9-7-20(25)8-10-21)11-12-23(33)31(15-24(26,27)28)14-19-5-3-18(13-29)4-6-19/h3-12H,14-15H2,1-2H3/b12-11+. The molecule has 0 saturated carbocycles. The Labute approximate surface area is 188 Å². The van der Waals surface area contributed by atoms with E-state index in [0.717, 1.165) is 6.08 Å². The molecule has 0 N–H and O–H groups in total. The SMILES string of the molecule is Cc1nn(-c2ccc(F)cc2)c(C)c1/C=C/C(=O)N(Cc1ccc(C#N)cc1)CC(F)(F)F. The zero-order valence-corrected chi connectivity index (χ0v) is 17.9. The van der Waals surface area contributed by atoms with E-state index in [1.807, 2.05) is 6.07 Å². The van der Waals surface area contributed by atoms with Crippen molar-refractivity contribution in [1.29, 1.82) is 5.26 Å². The molecule has 3 rings (SSSR count). The smallest absolute Gasteiger partial charge is 0.326 e. The third-order valence-electron chi connectivity index (χ3n) is 4.95. The van der Waals surface area contributed by atoms with Crippen molar-refractivity contribution in [2.24, 2.45) is 0 Å². The number of amides is 1. The summed E-state index contributed by atoms with van der Waals surface area (Å²) in [5.74, 6) is -1.21. The Hall–Kier alpha value is -3.93. The van der Waals surface area contributed by atoms with Gasteiger partial charge in [-0.15, -0.1) is 0 Å².